The standard InChI is InChI=1S/C12H15ClF3N3/c13-7-11(4-1-2-5-11)8-18-10-17-6-3-9(19-10)12(14,15)16/h3,6H,1-2,4-5,7-8H2,(H,17,18,19). The van der Waals surface area contributed by atoms with E-state index in [1.807, 2.05) is 0 Å². The van der Waals surface area contributed by atoms with Crippen molar-refractivity contribution in [2.75, 3.05) is 17.7 Å². The maximum absolute atomic E-state index is 12.5. The van der Waals surface area contributed by atoms with E-state index in [0.717, 1.165) is 37.9 Å². The van der Waals surface area contributed by atoms with E-state index >= 15 is 0 Å². The van der Waals surface area contributed by atoms with Crippen molar-refractivity contribution in [1.82, 2.24) is 9.97 Å². The minimum Gasteiger partial charge on any atom is -0.354 e. The lowest BCUT2D eigenvalue weighted by Gasteiger charge is -2.26. The highest BCUT2D eigenvalue weighted by Crippen LogP contribution is 2.39. The van der Waals surface area contributed by atoms with Crippen LogP contribution >= 0.6 is 11.6 Å². The van der Waals surface area contributed by atoms with Gasteiger partial charge in [0, 0.05) is 24.0 Å². The number of nitrogens with one attached hydrogen (secondary N) is 1. The van der Waals surface area contributed by atoms with E-state index < -0.39 is 11.9 Å². The van der Waals surface area contributed by atoms with Crippen molar-refractivity contribution in [2.24, 2.45) is 5.41 Å². The molecule has 1 N–H and O–H groups in total. The Balaban J connectivity index is 2.03. The highest BCUT2D eigenvalue weighted by molar-refractivity contribution is 6.18. The van der Waals surface area contributed by atoms with Crippen LogP contribution in [-0.2, 0) is 6.18 Å². The smallest absolute Gasteiger partial charge is 0.354 e. The molecule has 0 atom stereocenters. The third kappa shape index (κ3) is 3.49. The molecule has 19 heavy (non-hydrogen) atoms. The van der Waals surface area contributed by atoms with Crippen molar-refractivity contribution in [1.29, 1.82) is 0 Å². The number of anilines is 1. The molecule has 1 aromatic rings. The Morgan fingerprint density at radius 1 is 1.32 bits per heavy atom. The number of nitrogens with zero attached hydrogens (tertiary/aromatic N) is 2. The third-order valence-electron chi connectivity index (χ3n) is 3.52. The highest BCUT2D eigenvalue weighted by Gasteiger charge is 2.34. The molecule has 0 amide bonds. The Labute approximate surface area is 114 Å². The van der Waals surface area contributed by atoms with E-state index in [1.54, 1.807) is 0 Å². The van der Waals surface area contributed by atoms with Crippen LogP contribution in [0.4, 0.5) is 19.1 Å². The molecular formula is C12H15ClF3N3. The Bertz CT molecular complexity index is 430. The van der Waals surface area contributed by atoms with Gasteiger partial charge in [-0.1, -0.05) is 12.8 Å². The summed E-state index contributed by atoms with van der Waals surface area (Å²) in [7, 11) is 0. The zero-order valence-corrected chi connectivity index (χ0v) is 11.1. The molecule has 7 heteroatoms. The summed E-state index contributed by atoms with van der Waals surface area (Å²) in [5, 5.41) is 2.88. The molecule has 1 fully saturated rings. The largest absolute Gasteiger partial charge is 0.433 e. The number of aromatic nitrogens is 2. The van der Waals surface area contributed by atoms with Gasteiger partial charge in [0.1, 0.15) is 5.69 Å². The molecule has 106 valence electrons. The number of hydrogen-bond acceptors (Lipinski definition) is 3. The predicted octanol–water partition coefficient (Wildman–Crippen LogP) is 3.71. The minimum absolute atomic E-state index is 0.00576. The van der Waals surface area contributed by atoms with Gasteiger partial charge in [-0.25, -0.2) is 9.97 Å². The number of alkyl halides is 4. The van der Waals surface area contributed by atoms with Crippen LogP contribution < -0.4 is 5.32 Å². The Morgan fingerprint density at radius 3 is 2.58 bits per heavy atom. The van der Waals surface area contributed by atoms with Crippen LogP contribution in [0.5, 0.6) is 0 Å². The predicted molar refractivity (Wildman–Crippen MR) is 67.1 cm³/mol. The van der Waals surface area contributed by atoms with Gasteiger partial charge in [0.2, 0.25) is 5.95 Å². The molecule has 0 spiro atoms. The second-order valence-electron chi connectivity index (χ2n) is 4.96. The molecule has 0 saturated heterocycles. The second kappa shape index (κ2) is 5.53. The molecule has 1 aromatic heterocycles. The average Bonchev–Trinajstić information content (AvgIpc) is 2.85. The van der Waals surface area contributed by atoms with Crippen LogP contribution in [0.3, 0.4) is 0 Å². The Hall–Kier alpha value is -1.04. The van der Waals surface area contributed by atoms with Gasteiger partial charge in [0.05, 0.1) is 0 Å². The fourth-order valence-electron chi connectivity index (χ4n) is 2.35. The fraction of sp³-hybridized carbons (Fsp3) is 0.667. The van der Waals surface area contributed by atoms with Gasteiger partial charge in [0.15, 0.2) is 0 Å². The summed E-state index contributed by atoms with van der Waals surface area (Å²) in [6, 6.07) is 0.859. The SMILES string of the molecule is FC(F)(F)c1ccnc(NCC2(CCl)CCCC2)n1. The van der Waals surface area contributed by atoms with E-state index in [9.17, 15) is 13.2 Å². The molecule has 1 aliphatic rings. The van der Waals surface area contributed by atoms with Crippen molar-refractivity contribution in [2.45, 2.75) is 31.9 Å². The third-order valence-corrected chi connectivity index (χ3v) is 4.08. The van der Waals surface area contributed by atoms with Gasteiger partial charge < -0.3 is 5.32 Å². The van der Waals surface area contributed by atoms with Crippen molar-refractivity contribution >= 4 is 17.5 Å². The van der Waals surface area contributed by atoms with Crippen molar-refractivity contribution in [3.05, 3.63) is 18.0 Å². The van der Waals surface area contributed by atoms with Crippen LogP contribution in [0.2, 0.25) is 0 Å². The van der Waals surface area contributed by atoms with Crippen LogP contribution in [0.1, 0.15) is 31.4 Å². The van der Waals surface area contributed by atoms with Gasteiger partial charge in [-0.2, -0.15) is 13.2 Å². The highest BCUT2D eigenvalue weighted by atomic mass is 35.5. The molecule has 1 aliphatic carbocycles. The van der Waals surface area contributed by atoms with E-state index in [4.69, 9.17) is 11.6 Å². The van der Waals surface area contributed by atoms with Gasteiger partial charge in [-0.3, -0.25) is 0 Å². The molecule has 0 unspecified atom stereocenters. The summed E-state index contributed by atoms with van der Waals surface area (Å²) in [5.41, 5.74) is -0.976. The molecular weight excluding hydrogens is 279 g/mol. The van der Waals surface area contributed by atoms with Gasteiger partial charge in [-0.05, 0) is 18.9 Å². The maximum Gasteiger partial charge on any atom is 0.433 e. The zero-order chi connectivity index (χ0) is 13.9. The molecule has 3 nitrogen and oxygen atoms in total. The molecule has 0 bridgehead atoms. The summed E-state index contributed by atoms with van der Waals surface area (Å²) in [4.78, 5) is 7.29. The molecule has 2 rings (SSSR count). The summed E-state index contributed by atoms with van der Waals surface area (Å²) >= 11 is 5.97. The van der Waals surface area contributed by atoms with E-state index in [1.165, 1.54) is 0 Å². The normalized spacial score (nSPS) is 18.5. The lowest BCUT2D eigenvalue weighted by molar-refractivity contribution is -0.141. The number of rotatable bonds is 4. The van der Waals surface area contributed by atoms with Crippen LogP contribution in [-0.4, -0.2) is 22.4 Å². The van der Waals surface area contributed by atoms with E-state index in [0.29, 0.717) is 12.4 Å². The second-order valence-corrected chi connectivity index (χ2v) is 5.22. The first-order valence-electron chi connectivity index (χ1n) is 6.15. The monoisotopic (exact) mass is 293 g/mol. The molecule has 0 aliphatic heterocycles. The average molecular weight is 294 g/mol. The molecule has 1 saturated carbocycles. The van der Waals surface area contributed by atoms with Crippen molar-refractivity contribution < 1.29 is 13.2 Å². The van der Waals surface area contributed by atoms with Gasteiger partial charge in [0.25, 0.3) is 0 Å². The zero-order valence-electron chi connectivity index (χ0n) is 10.3. The summed E-state index contributed by atoms with van der Waals surface area (Å²) in [6.07, 6.45) is 0.859. The van der Waals surface area contributed by atoms with Crippen LogP contribution in [0, 0.1) is 5.41 Å². The first kappa shape index (κ1) is 14.4. The maximum atomic E-state index is 12.5. The van der Waals surface area contributed by atoms with Crippen LogP contribution in [0.25, 0.3) is 0 Å². The summed E-state index contributed by atoms with van der Waals surface area (Å²) in [6.45, 7) is 0.512. The summed E-state index contributed by atoms with van der Waals surface area (Å²) < 4.78 is 37.5. The molecule has 0 radical (unpaired) electrons. The Kier molecular flexibility index (Phi) is 4.18. The van der Waals surface area contributed by atoms with E-state index in [2.05, 4.69) is 15.3 Å². The minimum atomic E-state index is -4.45. The molecule has 1 heterocycles. The lowest BCUT2D eigenvalue weighted by Crippen LogP contribution is -2.29. The van der Waals surface area contributed by atoms with E-state index in [-0.39, 0.29) is 11.4 Å². The summed E-state index contributed by atoms with van der Waals surface area (Å²) in [5.74, 6) is 0.505. The van der Waals surface area contributed by atoms with Gasteiger partial charge >= 0.3 is 6.18 Å². The number of hydrogen-bond donors (Lipinski definition) is 1. The van der Waals surface area contributed by atoms with Gasteiger partial charge in [-0.15, -0.1) is 11.6 Å². The first-order chi connectivity index (χ1) is 8.95. The Morgan fingerprint density at radius 2 is 2.00 bits per heavy atom. The molecule has 0 aromatic carbocycles. The fourth-order valence-corrected chi connectivity index (χ4v) is 2.71. The topological polar surface area (TPSA) is 37.8 Å². The van der Waals surface area contributed by atoms with Crippen molar-refractivity contribution in [3.8, 4) is 0 Å². The van der Waals surface area contributed by atoms with Crippen LogP contribution in [0.15, 0.2) is 12.3 Å². The van der Waals surface area contributed by atoms with Crippen molar-refractivity contribution in [3.63, 3.8) is 0 Å². The quantitative estimate of drug-likeness (QED) is 0.860. The first-order valence-corrected chi connectivity index (χ1v) is 6.69. The number of halogens is 4. The lowest BCUT2D eigenvalue weighted by atomic mass is 9.89.